The predicted molar refractivity (Wildman–Crippen MR) is 51.8 cm³/mol. The van der Waals surface area contributed by atoms with E-state index in [2.05, 4.69) is 16.1 Å². The lowest BCUT2D eigenvalue weighted by molar-refractivity contribution is -0.136. The number of esters is 1. The lowest BCUT2D eigenvalue weighted by Gasteiger charge is -1.94. The van der Waals surface area contributed by atoms with E-state index >= 15 is 0 Å². The van der Waals surface area contributed by atoms with Crippen LogP contribution in [-0.4, -0.2) is 49.7 Å². The number of hydrogen-bond donors (Lipinski definition) is 2. The average Bonchev–Trinajstić information content (AvgIpc) is 2.18. The third-order valence-electron chi connectivity index (χ3n) is 1.01. The van der Waals surface area contributed by atoms with E-state index in [0.29, 0.717) is 18.8 Å². The summed E-state index contributed by atoms with van der Waals surface area (Å²) in [6.45, 7) is 5.65. The molecule has 0 fully saturated rings. The first-order valence-electron chi connectivity index (χ1n) is 4.13. The van der Waals surface area contributed by atoms with E-state index < -0.39 is 0 Å². The zero-order chi connectivity index (χ0) is 11.4. The van der Waals surface area contributed by atoms with Gasteiger partial charge in [0.1, 0.15) is 0 Å². The third kappa shape index (κ3) is 13.7. The van der Waals surface area contributed by atoms with Crippen LogP contribution in [0.4, 0.5) is 0 Å². The van der Waals surface area contributed by atoms with Crippen molar-refractivity contribution in [2.24, 2.45) is 0 Å². The number of aliphatic hydroxyl groups is 2. The van der Waals surface area contributed by atoms with Gasteiger partial charge in [-0.15, -0.1) is 0 Å². The van der Waals surface area contributed by atoms with Crippen molar-refractivity contribution in [1.82, 2.24) is 0 Å². The summed E-state index contributed by atoms with van der Waals surface area (Å²) in [6, 6.07) is 0. The van der Waals surface area contributed by atoms with Gasteiger partial charge in [-0.25, -0.2) is 4.79 Å². The van der Waals surface area contributed by atoms with E-state index in [0.717, 1.165) is 0 Å². The number of ether oxygens (including phenoxy) is 2. The highest BCUT2D eigenvalue weighted by molar-refractivity contribution is 5.86. The van der Waals surface area contributed by atoms with Crippen LogP contribution in [0.15, 0.2) is 12.2 Å². The predicted octanol–water partition coefficient (Wildman–Crippen LogP) is -0.277. The standard InChI is InChI=1S/C5H8O2.C4H10O3/c1-4(2)5(6)7-3;5-1-3-7-4-2-6/h1H2,2-3H3;5-6H,1-4H2. The van der Waals surface area contributed by atoms with Crippen molar-refractivity contribution in [2.45, 2.75) is 6.92 Å². The van der Waals surface area contributed by atoms with Crippen molar-refractivity contribution in [3.05, 3.63) is 12.2 Å². The second-order valence-corrected chi connectivity index (χ2v) is 2.33. The average molecular weight is 206 g/mol. The lowest BCUT2D eigenvalue weighted by atomic mass is 10.4. The number of carbonyl (C=O) groups excluding carboxylic acids is 1. The maximum absolute atomic E-state index is 10.2. The van der Waals surface area contributed by atoms with Gasteiger partial charge in [-0.3, -0.25) is 0 Å². The Morgan fingerprint density at radius 3 is 1.86 bits per heavy atom. The molecular weight excluding hydrogens is 188 g/mol. The van der Waals surface area contributed by atoms with Gasteiger partial charge >= 0.3 is 5.97 Å². The molecule has 14 heavy (non-hydrogen) atoms. The van der Waals surface area contributed by atoms with Crippen LogP contribution in [0.5, 0.6) is 0 Å². The molecule has 5 nitrogen and oxygen atoms in total. The lowest BCUT2D eigenvalue weighted by Crippen LogP contribution is -2.03. The molecule has 0 aromatic heterocycles. The quantitative estimate of drug-likeness (QED) is 0.367. The first-order chi connectivity index (χ1) is 6.59. The monoisotopic (exact) mass is 206 g/mol. The molecule has 0 bridgehead atoms. The summed E-state index contributed by atoms with van der Waals surface area (Å²) in [6.07, 6.45) is 0. The van der Waals surface area contributed by atoms with E-state index in [4.69, 9.17) is 10.2 Å². The molecular formula is C9H18O5. The van der Waals surface area contributed by atoms with Crippen LogP contribution in [0.25, 0.3) is 0 Å². The highest BCUT2D eigenvalue weighted by Crippen LogP contribution is 1.87. The molecule has 0 rings (SSSR count). The highest BCUT2D eigenvalue weighted by atomic mass is 16.5. The van der Waals surface area contributed by atoms with Gasteiger partial charge in [0.2, 0.25) is 0 Å². The minimum Gasteiger partial charge on any atom is -0.466 e. The van der Waals surface area contributed by atoms with E-state index in [1.165, 1.54) is 7.11 Å². The number of aliphatic hydroxyl groups excluding tert-OH is 2. The van der Waals surface area contributed by atoms with Gasteiger partial charge in [-0.2, -0.15) is 0 Å². The molecule has 0 aliphatic heterocycles. The van der Waals surface area contributed by atoms with Gasteiger partial charge in [-0.1, -0.05) is 6.58 Å². The first-order valence-corrected chi connectivity index (χ1v) is 4.13. The van der Waals surface area contributed by atoms with Gasteiger partial charge in [0.25, 0.3) is 0 Å². The molecule has 0 aromatic carbocycles. The number of carbonyl (C=O) groups is 1. The summed E-state index contributed by atoms with van der Waals surface area (Å²) in [4.78, 5) is 10.2. The van der Waals surface area contributed by atoms with Crippen LogP contribution < -0.4 is 0 Å². The molecule has 2 N–H and O–H groups in total. The molecule has 0 aromatic rings. The summed E-state index contributed by atoms with van der Waals surface area (Å²) >= 11 is 0. The normalized spacial score (nSPS) is 8.57. The third-order valence-corrected chi connectivity index (χ3v) is 1.01. The molecule has 0 saturated carbocycles. The fourth-order valence-corrected chi connectivity index (χ4v) is 0.405. The maximum atomic E-state index is 10.2. The Hall–Kier alpha value is -0.910. The summed E-state index contributed by atoms with van der Waals surface area (Å²) < 4.78 is 8.91. The summed E-state index contributed by atoms with van der Waals surface area (Å²) in [5.74, 6) is -0.347. The molecule has 0 atom stereocenters. The zero-order valence-corrected chi connectivity index (χ0v) is 8.65. The second kappa shape index (κ2) is 12.1. The van der Waals surface area contributed by atoms with Gasteiger partial charge in [0, 0.05) is 5.57 Å². The van der Waals surface area contributed by atoms with Crippen LogP contribution in [0.2, 0.25) is 0 Å². The highest BCUT2D eigenvalue weighted by Gasteiger charge is 1.95. The molecule has 0 saturated heterocycles. The zero-order valence-electron chi connectivity index (χ0n) is 8.65. The topological polar surface area (TPSA) is 76.0 Å². The maximum Gasteiger partial charge on any atom is 0.332 e. The number of hydrogen-bond acceptors (Lipinski definition) is 5. The van der Waals surface area contributed by atoms with Gasteiger partial charge in [-0.05, 0) is 6.92 Å². The summed E-state index contributed by atoms with van der Waals surface area (Å²) in [5, 5.41) is 16.2. The smallest absolute Gasteiger partial charge is 0.332 e. The van der Waals surface area contributed by atoms with Crippen LogP contribution in [0.3, 0.4) is 0 Å². The SMILES string of the molecule is C=C(C)C(=O)OC.OCCOCCO. The van der Waals surface area contributed by atoms with Gasteiger partial charge in [0.15, 0.2) is 0 Å². The number of rotatable bonds is 5. The number of methoxy groups -OCH3 is 1. The Balaban J connectivity index is 0. The van der Waals surface area contributed by atoms with Crippen molar-refractivity contribution < 1.29 is 24.5 Å². The summed E-state index contributed by atoms with van der Waals surface area (Å²) in [5.41, 5.74) is 0.433. The Bertz CT molecular complexity index is 151. The molecule has 5 heteroatoms. The van der Waals surface area contributed by atoms with Crippen molar-refractivity contribution in [3.63, 3.8) is 0 Å². The molecule has 0 heterocycles. The molecule has 0 amide bonds. The molecule has 0 aliphatic rings. The van der Waals surface area contributed by atoms with Crippen molar-refractivity contribution in [3.8, 4) is 0 Å². The fourth-order valence-electron chi connectivity index (χ4n) is 0.405. The van der Waals surface area contributed by atoms with E-state index in [1.54, 1.807) is 6.92 Å². The molecule has 0 unspecified atom stereocenters. The Morgan fingerprint density at radius 2 is 1.71 bits per heavy atom. The molecule has 84 valence electrons. The largest absolute Gasteiger partial charge is 0.466 e. The van der Waals surface area contributed by atoms with Crippen molar-refractivity contribution in [1.29, 1.82) is 0 Å². The van der Waals surface area contributed by atoms with E-state index in [-0.39, 0.29) is 19.2 Å². The minimum absolute atomic E-state index is 0.0278. The molecule has 0 aliphatic carbocycles. The molecule has 0 radical (unpaired) electrons. The Morgan fingerprint density at radius 1 is 1.29 bits per heavy atom. The van der Waals surface area contributed by atoms with Crippen molar-refractivity contribution in [2.75, 3.05) is 33.5 Å². The van der Waals surface area contributed by atoms with Crippen LogP contribution in [0.1, 0.15) is 6.92 Å². The van der Waals surface area contributed by atoms with Crippen molar-refractivity contribution >= 4 is 5.97 Å². The fraction of sp³-hybridized carbons (Fsp3) is 0.667. The van der Waals surface area contributed by atoms with Crippen LogP contribution >= 0.6 is 0 Å². The van der Waals surface area contributed by atoms with Crippen LogP contribution in [0, 0.1) is 0 Å². The summed E-state index contributed by atoms with van der Waals surface area (Å²) in [7, 11) is 1.33. The molecule has 0 spiro atoms. The Labute approximate surface area is 84.0 Å². The first kappa shape index (κ1) is 15.6. The minimum atomic E-state index is -0.347. The van der Waals surface area contributed by atoms with E-state index in [9.17, 15) is 4.79 Å². The second-order valence-electron chi connectivity index (χ2n) is 2.33. The van der Waals surface area contributed by atoms with Crippen LogP contribution in [-0.2, 0) is 14.3 Å². The van der Waals surface area contributed by atoms with E-state index in [1.807, 2.05) is 0 Å². The van der Waals surface area contributed by atoms with Gasteiger partial charge in [0.05, 0.1) is 33.5 Å². The Kier molecular flexibility index (Phi) is 13.4. The van der Waals surface area contributed by atoms with Gasteiger partial charge < -0.3 is 19.7 Å².